The Kier molecular flexibility index (Phi) is 9.18. The molecule has 0 aromatic heterocycles. The molecule has 0 aliphatic rings. The highest BCUT2D eigenvalue weighted by molar-refractivity contribution is 6.00. The maximum Gasteiger partial charge on any atom is 0.334 e. The fourth-order valence-electron chi connectivity index (χ4n) is 1.97. The Morgan fingerprint density at radius 3 is 1.52 bits per heavy atom. The first-order valence-corrected chi connectivity index (χ1v) is 8.54. The zero-order chi connectivity index (χ0) is 18.2. The van der Waals surface area contributed by atoms with Crippen LogP contribution in [0.4, 0.5) is 0 Å². The van der Waals surface area contributed by atoms with Crippen LogP contribution in [-0.2, 0) is 19.1 Å². The molecule has 23 heavy (non-hydrogen) atoms. The first-order chi connectivity index (χ1) is 10.5. The third-order valence-electron chi connectivity index (χ3n) is 3.01. The van der Waals surface area contributed by atoms with Crippen molar-refractivity contribution < 1.29 is 19.1 Å². The van der Waals surface area contributed by atoms with Crippen molar-refractivity contribution >= 4 is 11.9 Å². The highest BCUT2D eigenvalue weighted by atomic mass is 16.5. The second-order valence-electron chi connectivity index (χ2n) is 8.03. The number of hydrogen-bond donors (Lipinski definition) is 0. The predicted octanol–water partition coefficient (Wildman–Crippen LogP) is 4.53. The maximum atomic E-state index is 12.5. The Hall–Kier alpha value is -1.32. The number of esters is 2. The largest absolute Gasteiger partial charge is 0.462 e. The summed E-state index contributed by atoms with van der Waals surface area (Å²) >= 11 is 0. The van der Waals surface area contributed by atoms with E-state index in [-0.39, 0.29) is 17.3 Å². The topological polar surface area (TPSA) is 52.6 Å². The van der Waals surface area contributed by atoms with Crippen LogP contribution in [0, 0.1) is 17.3 Å². The lowest BCUT2D eigenvalue weighted by Crippen LogP contribution is -2.22. The molecule has 0 spiro atoms. The van der Waals surface area contributed by atoms with Gasteiger partial charge in [-0.05, 0) is 30.1 Å². The molecule has 0 aromatic rings. The predicted molar refractivity (Wildman–Crippen MR) is 93.0 cm³/mol. The van der Waals surface area contributed by atoms with Crippen molar-refractivity contribution in [3.63, 3.8) is 0 Å². The van der Waals surface area contributed by atoms with E-state index in [9.17, 15) is 9.59 Å². The fraction of sp³-hybridized carbons (Fsp3) is 0.789. The minimum Gasteiger partial charge on any atom is -0.462 e. The molecule has 134 valence electrons. The van der Waals surface area contributed by atoms with Gasteiger partial charge in [0.1, 0.15) is 0 Å². The molecule has 0 heterocycles. The van der Waals surface area contributed by atoms with E-state index >= 15 is 0 Å². The zero-order valence-corrected chi connectivity index (χ0v) is 16.1. The molecule has 0 saturated heterocycles. The van der Waals surface area contributed by atoms with Crippen molar-refractivity contribution in [3.8, 4) is 0 Å². The van der Waals surface area contributed by atoms with Crippen molar-refractivity contribution in [2.45, 2.75) is 68.2 Å². The Labute approximate surface area is 141 Å². The lowest BCUT2D eigenvalue weighted by atomic mass is 9.85. The highest BCUT2D eigenvalue weighted by Gasteiger charge is 2.26. The van der Waals surface area contributed by atoms with Gasteiger partial charge in [0.05, 0.1) is 13.2 Å². The van der Waals surface area contributed by atoms with Gasteiger partial charge in [0.15, 0.2) is 0 Å². The Balaban J connectivity index is 5.45. The van der Waals surface area contributed by atoms with E-state index in [2.05, 4.69) is 0 Å². The molecule has 0 saturated carbocycles. The molecule has 0 N–H and O–H groups in total. The molecule has 0 fully saturated rings. The number of carbonyl (C=O) groups is 2. The molecule has 0 rings (SSSR count). The Bertz CT molecular complexity index is 425. The van der Waals surface area contributed by atoms with E-state index in [0.717, 1.165) is 0 Å². The van der Waals surface area contributed by atoms with Gasteiger partial charge in [-0.15, -0.1) is 0 Å². The zero-order valence-electron chi connectivity index (χ0n) is 16.1. The number of ether oxygens (including phenoxy) is 2. The van der Waals surface area contributed by atoms with Crippen molar-refractivity contribution in [1.82, 2.24) is 0 Å². The molecule has 0 amide bonds. The summed E-state index contributed by atoms with van der Waals surface area (Å²) in [4.78, 5) is 24.8. The van der Waals surface area contributed by atoms with Crippen LogP contribution in [0.15, 0.2) is 11.1 Å². The van der Waals surface area contributed by atoms with Gasteiger partial charge in [-0.25, -0.2) is 9.59 Å². The minimum atomic E-state index is -0.401. The van der Waals surface area contributed by atoms with E-state index < -0.39 is 11.9 Å². The first-order valence-electron chi connectivity index (χ1n) is 8.54. The van der Waals surface area contributed by atoms with E-state index in [1.807, 2.05) is 55.4 Å². The van der Waals surface area contributed by atoms with E-state index in [1.54, 1.807) is 0 Å². The van der Waals surface area contributed by atoms with Gasteiger partial charge in [-0.1, -0.05) is 55.4 Å². The van der Waals surface area contributed by atoms with Gasteiger partial charge in [0, 0.05) is 11.1 Å². The molecule has 4 heteroatoms. The summed E-state index contributed by atoms with van der Waals surface area (Å²) in [5.41, 5.74) is 0.772. The molecule has 0 unspecified atom stereocenters. The van der Waals surface area contributed by atoms with Gasteiger partial charge >= 0.3 is 11.9 Å². The van der Waals surface area contributed by atoms with Crippen LogP contribution < -0.4 is 0 Å². The van der Waals surface area contributed by atoms with Gasteiger partial charge in [0.25, 0.3) is 0 Å². The van der Waals surface area contributed by atoms with Crippen molar-refractivity contribution in [2.75, 3.05) is 13.2 Å². The molecule has 0 aromatic carbocycles. The van der Waals surface area contributed by atoms with Gasteiger partial charge < -0.3 is 9.47 Å². The number of rotatable bonds is 8. The highest BCUT2D eigenvalue weighted by Crippen LogP contribution is 2.28. The number of hydrogen-bond acceptors (Lipinski definition) is 4. The quantitative estimate of drug-likeness (QED) is 0.486. The monoisotopic (exact) mass is 326 g/mol. The second kappa shape index (κ2) is 9.74. The SMILES string of the molecule is CCC(C(=O)OCC(C)C)=C(CC(C)(C)C)C(=O)OCC(C)C. The summed E-state index contributed by atoms with van der Waals surface area (Å²) in [6, 6.07) is 0. The van der Waals surface area contributed by atoms with Crippen molar-refractivity contribution in [1.29, 1.82) is 0 Å². The lowest BCUT2D eigenvalue weighted by molar-refractivity contribution is -0.143. The third-order valence-corrected chi connectivity index (χ3v) is 3.01. The summed E-state index contributed by atoms with van der Waals surface area (Å²) in [5.74, 6) is -0.280. The minimum absolute atomic E-state index is 0.120. The Morgan fingerprint density at radius 2 is 1.22 bits per heavy atom. The van der Waals surface area contributed by atoms with Crippen LogP contribution >= 0.6 is 0 Å². The average molecular weight is 326 g/mol. The summed E-state index contributed by atoms with van der Waals surface area (Å²) in [6.07, 6.45) is 0.947. The first kappa shape index (κ1) is 21.7. The molecule has 4 nitrogen and oxygen atoms in total. The third kappa shape index (κ3) is 9.42. The van der Waals surface area contributed by atoms with E-state index in [1.165, 1.54) is 0 Å². The van der Waals surface area contributed by atoms with Crippen LogP contribution in [0.1, 0.15) is 68.2 Å². The van der Waals surface area contributed by atoms with Crippen LogP contribution in [0.3, 0.4) is 0 Å². The molecule has 0 aliphatic carbocycles. The van der Waals surface area contributed by atoms with Crippen molar-refractivity contribution in [3.05, 3.63) is 11.1 Å². The van der Waals surface area contributed by atoms with Crippen LogP contribution in [0.2, 0.25) is 0 Å². The number of carbonyl (C=O) groups excluding carboxylic acids is 2. The normalized spacial score (nSPS) is 13.1. The molecular weight excluding hydrogens is 292 g/mol. The van der Waals surface area contributed by atoms with Crippen LogP contribution in [0.5, 0.6) is 0 Å². The Morgan fingerprint density at radius 1 is 0.826 bits per heavy atom. The molecule has 0 aliphatic heterocycles. The molecule has 0 atom stereocenters. The summed E-state index contributed by atoms with van der Waals surface area (Å²) < 4.78 is 10.7. The fourth-order valence-corrected chi connectivity index (χ4v) is 1.97. The van der Waals surface area contributed by atoms with E-state index in [4.69, 9.17) is 9.47 Å². The van der Waals surface area contributed by atoms with Gasteiger partial charge in [0.2, 0.25) is 0 Å². The van der Waals surface area contributed by atoms with Crippen molar-refractivity contribution in [2.24, 2.45) is 17.3 Å². The van der Waals surface area contributed by atoms with Gasteiger partial charge in [-0.3, -0.25) is 0 Å². The van der Waals surface area contributed by atoms with E-state index in [0.29, 0.717) is 37.2 Å². The maximum absolute atomic E-state index is 12.5. The smallest absolute Gasteiger partial charge is 0.334 e. The van der Waals surface area contributed by atoms with Crippen LogP contribution in [-0.4, -0.2) is 25.2 Å². The standard InChI is InChI=1S/C19H34O4/c1-9-15(17(20)22-11-13(2)3)16(10-19(6,7)8)18(21)23-12-14(4)5/h13-14H,9-12H2,1-8H3. The average Bonchev–Trinajstić information content (AvgIpc) is 2.40. The second-order valence-corrected chi connectivity index (χ2v) is 8.03. The molecule has 0 radical (unpaired) electrons. The molecular formula is C19H34O4. The molecule has 0 bridgehead atoms. The lowest BCUT2D eigenvalue weighted by Gasteiger charge is -2.22. The van der Waals surface area contributed by atoms with Gasteiger partial charge in [-0.2, -0.15) is 0 Å². The summed E-state index contributed by atoms with van der Waals surface area (Å²) in [7, 11) is 0. The summed E-state index contributed by atoms with van der Waals surface area (Å²) in [5, 5.41) is 0. The van der Waals surface area contributed by atoms with Crippen LogP contribution in [0.25, 0.3) is 0 Å². The summed E-state index contributed by atoms with van der Waals surface area (Å²) in [6.45, 7) is 16.6.